The van der Waals surface area contributed by atoms with E-state index in [0.717, 1.165) is 24.4 Å². The van der Waals surface area contributed by atoms with E-state index in [0.29, 0.717) is 35.8 Å². The summed E-state index contributed by atoms with van der Waals surface area (Å²) in [5.74, 6) is 0.410. The molecule has 0 amide bonds. The van der Waals surface area contributed by atoms with Gasteiger partial charge in [-0.05, 0) is 45.0 Å². The quantitative estimate of drug-likeness (QED) is 0.607. The van der Waals surface area contributed by atoms with E-state index >= 15 is 0 Å². The molecule has 0 fully saturated rings. The van der Waals surface area contributed by atoms with Gasteiger partial charge in [0.2, 0.25) is 0 Å². The number of hydrogen-bond donors (Lipinski definition) is 0. The number of esters is 1. The number of carbonyl (C=O) groups excluding carboxylic acids is 2. The van der Waals surface area contributed by atoms with E-state index in [1.54, 1.807) is 24.3 Å². The molecule has 1 aliphatic rings. The first-order chi connectivity index (χ1) is 12.5. The molecule has 6 nitrogen and oxygen atoms in total. The molecule has 0 radical (unpaired) electrons. The van der Waals surface area contributed by atoms with Crippen LogP contribution in [0.25, 0.3) is 0 Å². The maximum atomic E-state index is 12.4. The zero-order valence-corrected chi connectivity index (χ0v) is 15.3. The standard InChI is InChI=1S/C20H23NO5/c1-4-21-13(2)10-16(14(21)3)20(23)26-12-17(22)15-6-7-18-19(11-15)25-9-5-8-24-18/h6-7,10-11H,4-5,8-9,12H2,1-3H3. The molecule has 0 bridgehead atoms. The summed E-state index contributed by atoms with van der Waals surface area (Å²) < 4.78 is 18.4. The fraction of sp³-hybridized carbons (Fsp3) is 0.400. The summed E-state index contributed by atoms with van der Waals surface area (Å²) in [6, 6.07) is 6.80. The lowest BCUT2D eigenvalue weighted by Gasteiger charge is -2.09. The number of benzene rings is 1. The van der Waals surface area contributed by atoms with E-state index in [9.17, 15) is 9.59 Å². The minimum absolute atomic E-state index is 0.279. The lowest BCUT2D eigenvalue weighted by Crippen LogP contribution is -2.15. The predicted molar refractivity (Wildman–Crippen MR) is 96.2 cm³/mol. The molecule has 0 saturated carbocycles. The molecule has 6 heteroatoms. The Morgan fingerprint density at radius 2 is 1.85 bits per heavy atom. The van der Waals surface area contributed by atoms with Gasteiger partial charge in [-0.1, -0.05) is 0 Å². The van der Waals surface area contributed by atoms with Crippen molar-refractivity contribution in [2.75, 3.05) is 19.8 Å². The van der Waals surface area contributed by atoms with Crippen LogP contribution in [0.5, 0.6) is 11.5 Å². The van der Waals surface area contributed by atoms with Crippen molar-refractivity contribution in [2.24, 2.45) is 0 Å². The van der Waals surface area contributed by atoms with Crippen molar-refractivity contribution in [2.45, 2.75) is 33.7 Å². The molecule has 138 valence electrons. The molecule has 1 aromatic carbocycles. The lowest BCUT2D eigenvalue weighted by molar-refractivity contribution is 0.0474. The third kappa shape index (κ3) is 3.59. The van der Waals surface area contributed by atoms with Gasteiger partial charge in [0.15, 0.2) is 23.9 Å². The van der Waals surface area contributed by atoms with Gasteiger partial charge < -0.3 is 18.8 Å². The van der Waals surface area contributed by atoms with Crippen LogP contribution in [-0.4, -0.2) is 36.1 Å². The summed E-state index contributed by atoms with van der Waals surface area (Å²) in [6.07, 6.45) is 0.797. The summed E-state index contributed by atoms with van der Waals surface area (Å²) in [5, 5.41) is 0. The number of rotatable bonds is 5. The van der Waals surface area contributed by atoms with Gasteiger partial charge in [-0.3, -0.25) is 4.79 Å². The van der Waals surface area contributed by atoms with Gasteiger partial charge in [-0.15, -0.1) is 0 Å². The first-order valence-electron chi connectivity index (χ1n) is 8.78. The van der Waals surface area contributed by atoms with Gasteiger partial charge in [0.05, 0.1) is 18.8 Å². The van der Waals surface area contributed by atoms with E-state index in [-0.39, 0.29) is 12.4 Å². The van der Waals surface area contributed by atoms with Crippen LogP contribution in [0.4, 0.5) is 0 Å². The molecule has 1 aromatic heterocycles. The highest BCUT2D eigenvalue weighted by atomic mass is 16.5. The average molecular weight is 357 g/mol. The van der Waals surface area contributed by atoms with Crippen molar-refractivity contribution in [3.05, 3.63) is 46.8 Å². The normalized spacial score (nSPS) is 13.2. The lowest BCUT2D eigenvalue weighted by atomic mass is 10.1. The maximum absolute atomic E-state index is 12.4. The highest BCUT2D eigenvalue weighted by Crippen LogP contribution is 2.30. The summed E-state index contributed by atoms with van der Waals surface area (Å²) in [6.45, 7) is 7.44. The van der Waals surface area contributed by atoms with Crippen LogP contribution in [0, 0.1) is 13.8 Å². The van der Waals surface area contributed by atoms with Crippen molar-refractivity contribution in [3.63, 3.8) is 0 Å². The molecule has 0 N–H and O–H groups in total. The van der Waals surface area contributed by atoms with E-state index < -0.39 is 5.97 Å². The maximum Gasteiger partial charge on any atom is 0.340 e. The Morgan fingerprint density at radius 3 is 2.54 bits per heavy atom. The molecular weight excluding hydrogens is 334 g/mol. The summed E-state index contributed by atoms with van der Waals surface area (Å²) in [5.41, 5.74) is 2.76. The number of carbonyl (C=O) groups is 2. The second-order valence-electron chi connectivity index (χ2n) is 6.24. The highest BCUT2D eigenvalue weighted by molar-refractivity contribution is 6.00. The van der Waals surface area contributed by atoms with Gasteiger partial charge in [-0.2, -0.15) is 0 Å². The van der Waals surface area contributed by atoms with E-state index in [2.05, 4.69) is 0 Å². The average Bonchev–Trinajstić information content (AvgIpc) is 2.80. The molecule has 0 aliphatic carbocycles. The van der Waals surface area contributed by atoms with Crippen molar-refractivity contribution in [3.8, 4) is 11.5 Å². The summed E-state index contributed by atoms with van der Waals surface area (Å²) in [7, 11) is 0. The number of aromatic nitrogens is 1. The van der Waals surface area contributed by atoms with Crippen molar-refractivity contribution in [1.29, 1.82) is 0 Å². The van der Waals surface area contributed by atoms with E-state index in [4.69, 9.17) is 14.2 Å². The van der Waals surface area contributed by atoms with Crippen LogP contribution in [0.1, 0.15) is 45.4 Å². The largest absolute Gasteiger partial charge is 0.490 e. The Hall–Kier alpha value is -2.76. The third-order valence-electron chi connectivity index (χ3n) is 4.51. The Labute approximate surface area is 152 Å². The van der Waals surface area contributed by atoms with Gasteiger partial charge in [0, 0.05) is 29.9 Å². The van der Waals surface area contributed by atoms with Crippen molar-refractivity contribution in [1.82, 2.24) is 4.57 Å². The molecule has 3 rings (SSSR count). The number of ketones is 1. The van der Waals surface area contributed by atoms with Gasteiger partial charge in [0.1, 0.15) is 0 Å². The van der Waals surface area contributed by atoms with E-state index in [1.165, 1.54) is 0 Å². The first-order valence-corrected chi connectivity index (χ1v) is 8.78. The van der Waals surface area contributed by atoms with Crippen LogP contribution >= 0.6 is 0 Å². The molecule has 0 unspecified atom stereocenters. The molecule has 1 aliphatic heterocycles. The minimum Gasteiger partial charge on any atom is -0.490 e. The molecule has 2 heterocycles. The van der Waals surface area contributed by atoms with Crippen LogP contribution in [0.15, 0.2) is 24.3 Å². The fourth-order valence-corrected chi connectivity index (χ4v) is 3.12. The highest BCUT2D eigenvalue weighted by Gasteiger charge is 2.19. The summed E-state index contributed by atoms with van der Waals surface area (Å²) in [4.78, 5) is 24.7. The van der Waals surface area contributed by atoms with Crippen LogP contribution in [-0.2, 0) is 11.3 Å². The predicted octanol–water partition coefficient (Wildman–Crippen LogP) is 3.33. The number of Topliss-reactive ketones (excluding diaryl/α,β-unsaturated/α-hetero) is 1. The molecule has 0 atom stereocenters. The second kappa shape index (κ2) is 7.64. The van der Waals surface area contributed by atoms with Crippen LogP contribution in [0.2, 0.25) is 0 Å². The third-order valence-corrected chi connectivity index (χ3v) is 4.51. The summed E-state index contributed by atoms with van der Waals surface area (Å²) >= 11 is 0. The number of aryl methyl sites for hydroxylation is 1. The number of nitrogens with zero attached hydrogens (tertiary/aromatic N) is 1. The zero-order chi connectivity index (χ0) is 18.7. The number of ether oxygens (including phenoxy) is 3. The van der Waals surface area contributed by atoms with Gasteiger partial charge in [0.25, 0.3) is 0 Å². The SMILES string of the molecule is CCn1c(C)cc(C(=O)OCC(=O)c2ccc3c(c2)OCCCO3)c1C. The monoisotopic (exact) mass is 357 g/mol. The molecule has 0 saturated heterocycles. The Bertz CT molecular complexity index is 837. The Morgan fingerprint density at radius 1 is 1.12 bits per heavy atom. The van der Waals surface area contributed by atoms with Crippen molar-refractivity contribution >= 4 is 11.8 Å². The van der Waals surface area contributed by atoms with Crippen LogP contribution in [0.3, 0.4) is 0 Å². The smallest absolute Gasteiger partial charge is 0.340 e. The van der Waals surface area contributed by atoms with Gasteiger partial charge in [-0.25, -0.2) is 4.79 Å². The molecule has 0 spiro atoms. The Balaban J connectivity index is 1.67. The second-order valence-corrected chi connectivity index (χ2v) is 6.24. The number of hydrogen-bond acceptors (Lipinski definition) is 5. The first kappa shape index (κ1) is 18.0. The van der Waals surface area contributed by atoms with E-state index in [1.807, 2.05) is 25.3 Å². The Kier molecular flexibility index (Phi) is 5.30. The minimum atomic E-state index is -0.486. The molecule has 2 aromatic rings. The zero-order valence-electron chi connectivity index (χ0n) is 15.3. The molecular formula is C20H23NO5. The fourth-order valence-electron chi connectivity index (χ4n) is 3.12. The van der Waals surface area contributed by atoms with Crippen LogP contribution < -0.4 is 9.47 Å². The topological polar surface area (TPSA) is 66.8 Å². The number of fused-ring (bicyclic) bond motifs is 1. The molecule has 26 heavy (non-hydrogen) atoms. The van der Waals surface area contributed by atoms with Gasteiger partial charge >= 0.3 is 5.97 Å². The van der Waals surface area contributed by atoms with Crippen molar-refractivity contribution < 1.29 is 23.8 Å².